The van der Waals surface area contributed by atoms with Crippen LogP contribution < -0.4 is 15.1 Å². The molecule has 34 heavy (non-hydrogen) atoms. The Morgan fingerprint density at radius 3 is 2.47 bits per heavy atom. The topological polar surface area (TPSA) is 91.6 Å². The lowest BCUT2D eigenvalue weighted by atomic mass is 9.96. The Balaban J connectivity index is 1.51. The summed E-state index contributed by atoms with van der Waals surface area (Å²) in [6, 6.07) is 15.3. The van der Waals surface area contributed by atoms with Crippen LogP contribution in [0.1, 0.15) is 34.6 Å². The molecule has 0 radical (unpaired) electrons. The quantitative estimate of drug-likeness (QED) is 0.486. The third-order valence-electron chi connectivity index (χ3n) is 6.00. The minimum Gasteiger partial charge on any atom is -0.411 e. The summed E-state index contributed by atoms with van der Waals surface area (Å²) in [5, 5.41) is 10.9. The predicted octanol–water partition coefficient (Wildman–Crippen LogP) is 4.83. The number of nitrogens with one attached hydrogen (secondary N) is 1. The fourth-order valence-corrected chi connectivity index (χ4v) is 4.73. The first-order chi connectivity index (χ1) is 16.3. The lowest BCUT2D eigenvalue weighted by molar-refractivity contribution is -0.126. The van der Waals surface area contributed by atoms with Gasteiger partial charge in [-0.15, -0.1) is 10.2 Å². The highest BCUT2D eigenvalue weighted by atomic mass is 32.2. The average Bonchev–Trinajstić information content (AvgIpc) is 3.29. The molecule has 0 fully saturated rings. The van der Waals surface area contributed by atoms with Gasteiger partial charge in [-0.1, -0.05) is 23.9 Å². The van der Waals surface area contributed by atoms with E-state index in [0.29, 0.717) is 22.5 Å². The van der Waals surface area contributed by atoms with Crippen LogP contribution in [0.5, 0.6) is 0 Å². The number of nitrogens with zero attached hydrogens (tertiary/aromatic N) is 4. The van der Waals surface area contributed by atoms with Crippen molar-refractivity contribution in [2.75, 3.05) is 28.2 Å². The molecule has 0 saturated carbocycles. The summed E-state index contributed by atoms with van der Waals surface area (Å²) in [6.07, 6.45) is 0. The Labute approximate surface area is 203 Å². The standard InChI is InChI=1S/C25H29N5O3S/c1-6-29(7-2)18-14-12-17(13-15-18)21-27-28-24(33-21)34-16(3)22(31)30-20-11-9-8-10-19(20)26-23(32)25(30,4)5/h8-16H,6-7H2,1-5H3,(H,26,32). The Kier molecular flexibility index (Phi) is 6.65. The van der Waals surface area contributed by atoms with Gasteiger partial charge in [0.1, 0.15) is 5.54 Å². The molecular weight excluding hydrogens is 450 g/mol. The van der Waals surface area contributed by atoms with Crippen molar-refractivity contribution in [2.24, 2.45) is 0 Å². The van der Waals surface area contributed by atoms with E-state index < -0.39 is 10.8 Å². The molecule has 1 aliphatic heterocycles. The van der Waals surface area contributed by atoms with E-state index in [2.05, 4.69) is 34.3 Å². The van der Waals surface area contributed by atoms with Gasteiger partial charge in [0, 0.05) is 24.3 Å². The van der Waals surface area contributed by atoms with Gasteiger partial charge in [-0.2, -0.15) is 0 Å². The number of anilines is 3. The molecule has 1 N–H and O–H groups in total. The Hall–Kier alpha value is -3.33. The van der Waals surface area contributed by atoms with E-state index in [9.17, 15) is 9.59 Å². The second kappa shape index (κ2) is 9.50. The number of hydrogen-bond donors (Lipinski definition) is 1. The summed E-state index contributed by atoms with van der Waals surface area (Å²) >= 11 is 1.18. The van der Waals surface area contributed by atoms with Crippen LogP contribution in [0.25, 0.3) is 11.5 Å². The minimum absolute atomic E-state index is 0.208. The first-order valence-electron chi connectivity index (χ1n) is 11.4. The number of thioether (sulfide) groups is 1. The van der Waals surface area contributed by atoms with Crippen molar-refractivity contribution in [1.29, 1.82) is 0 Å². The van der Waals surface area contributed by atoms with Crippen LogP contribution in [0.2, 0.25) is 0 Å². The average molecular weight is 480 g/mol. The number of para-hydroxylation sites is 2. The summed E-state index contributed by atoms with van der Waals surface area (Å²) in [4.78, 5) is 30.0. The zero-order chi connectivity index (χ0) is 24.5. The van der Waals surface area contributed by atoms with Crippen LogP contribution in [0, 0.1) is 0 Å². The summed E-state index contributed by atoms with van der Waals surface area (Å²) < 4.78 is 5.85. The monoisotopic (exact) mass is 479 g/mol. The molecule has 178 valence electrons. The summed E-state index contributed by atoms with van der Waals surface area (Å²) in [7, 11) is 0. The highest BCUT2D eigenvalue weighted by Crippen LogP contribution is 2.39. The Morgan fingerprint density at radius 1 is 1.12 bits per heavy atom. The first kappa shape index (κ1) is 23.8. The van der Waals surface area contributed by atoms with Gasteiger partial charge in [-0.25, -0.2) is 0 Å². The van der Waals surface area contributed by atoms with Crippen molar-refractivity contribution in [3.05, 3.63) is 48.5 Å². The second-order valence-corrected chi connectivity index (χ2v) is 9.85. The van der Waals surface area contributed by atoms with Gasteiger partial charge in [0.2, 0.25) is 17.7 Å². The number of carbonyl (C=O) groups is 2. The van der Waals surface area contributed by atoms with E-state index in [1.54, 1.807) is 31.7 Å². The minimum atomic E-state index is -1.03. The highest BCUT2D eigenvalue weighted by Gasteiger charge is 2.45. The lowest BCUT2D eigenvalue weighted by Gasteiger charge is -2.42. The molecule has 1 unspecified atom stereocenters. The van der Waals surface area contributed by atoms with Gasteiger partial charge >= 0.3 is 0 Å². The van der Waals surface area contributed by atoms with Crippen molar-refractivity contribution < 1.29 is 14.0 Å². The number of benzene rings is 2. The Morgan fingerprint density at radius 2 is 1.79 bits per heavy atom. The molecule has 0 aliphatic carbocycles. The van der Waals surface area contributed by atoms with Crippen molar-refractivity contribution in [3.63, 3.8) is 0 Å². The summed E-state index contributed by atoms with van der Waals surface area (Å²) in [5.74, 6) is -0.0399. The molecule has 0 spiro atoms. The number of amides is 2. The molecule has 2 aromatic carbocycles. The lowest BCUT2D eigenvalue weighted by Crippen LogP contribution is -2.60. The highest BCUT2D eigenvalue weighted by molar-refractivity contribution is 8.00. The van der Waals surface area contributed by atoms with E-state index in [4.69, 9.17) is 4.42 Å². The summed E-state index contributed by atoms with van der Waals surface area (Å²) in [5.41, 5.74) is 2.20. The second-order valence-electron chi connectivity index (χ2n) is 8.56. The maximum Gasteiger partial charge on any atom is 0.277 e. The van der Waals surface area contributed by atoms with Crippen LogP contribution >= 0.6 is 11.8 Å². The van der Waals surface area contributed by atoms with Gasteiger partial charge < -0.3 is 14.6 Å². The first-order valence-corrected chi connectivity index (χ1v) is 12.2. The molecule has 9 heteroatoms. The molecule has 2 heterocycles. The van der Waals surface area contributed by atoms with Crippen LogP contribution in [0.3, 0.4) is 0 Å². The van der Waals surface area contributed by atoms with E-state index in [1.807, 2.05) is 42.5 Å². The largest absolute Gasteiger partial charge is 0.411 e. The molecule has 2 amide bonds. The van der Waals surface area contributed by atoms with Gasteiger partial charge in [0.15, 0.2) is 0 Å². The molecule has 8 nitrogen and oxygen atoms in total. The van der Waals surface area contributed by atoms with Crippen molar-refractivity contribution >= 4 is 40.6 Å². The van der Waals surface area contributed by atoms with E-state index in [0.717, 1.165) is 24.3 Å². The number of carbonyl (C=O) groups excluding carboxylic acids is 2. The number of fused-ring (bicyclic) bond motifs is 1. The maximum atomic E-state index is 13.5. The van der Waals surface area contributed by atoms with E-state index in [1.165, 1.54) is 11.8 Å². The number of hydrogen-bond acceptors (Lipinski definition) is 7. The van der Waals surface area contributed by atoms with Crippen LogP contribution in [-0.2, 0) is 9.59 Å². The fourth-order valence-electron chi connectivity index (χ4n) is 4.01. The van der Waals surface area contributed by atoms with Gasteiger partial charge in [0.05, 0.1) is 16.6 Å². The van der Waals surface area contributed by atoms with E-state index >= 15 is 0 Å². The maximum absolute atomic E-state index is 13.5. The van der Waals surface area contributed by atoms with Gasteiger partial charge in [0.25, 0.3) is 5.22 Å². The van der Waals surface area contributed by atoms with Gasteiger partial charge in [-0.3, -0.25) is 14.5 Å². The number of aromatic nitrogens is 2. The SMILES string of the molecule is CCN(CC)c1ccc(-c2nnc(SC(C)C(=O)N3c4ccccc4NC(=O)C3(C)C)o2)cc1. The summed E-state index contributed by atoms with van der Waals surface area (Å²) in [6.45, 7) is 11.4. The Bertz CT molecular complexity index is 1190. The molecule has 4 rings (SSSR count). The molecule has 3 aromatic rings. The third kappa shape index (κ3) is 4.40. The zero-order valence-corrected chi connectivity index (χ0v) is 20.8. The van der Waals surface area contributed by atoms with Crippen molar-refractivity contribution in [3.8, 4) is 11.5 Å². The molecule has 1 aliphatic rings. The molecule has 1 atom stereocenters. The van der Waals surface area contributed by atoms with Crippen LogP contribution in [-0.4, -0.2) is 45.9 Å². The zero-order valence-electron chi connectivity index (χ0n) is 20.0. The third-order valence-corrected chi connectivity index (χ3v) is 6.92. The predicted molar refractivity (Wildman–Crippen MR) is 135 cm³/mol. The normalized spacial score (nSPS) is 15.4. The fraction of sp³-hybridized carbons (Fsp3) is 0.360. The van der Waals surface area contributed by atoms with E-state index in [-0.39, 0.29) is 11.8 Å². The van der Waals surface area contributed by atoms with Gasteiger partial charge in [-0.05, 0) is 71.0 Å². The van der Waals surface area contributed by atoms with Crippen molar-refractivity contribution in [1.82, 2.24) is 10.2 Å². The molecule has 0 bridgehead atoms. The molecule has 1 aromatic heterocycles. The number of rotatable bonds is 7. The smallest absolute Gasteiger partial charge is 0.277 e. The van der Waals surface area contributed by atoms with Crippen molar-refractivity contribution in [2.45, 2.75) is 50.6 Å². The molecular formula is C25H29N5O3S. The van der Waals surface area contributed by atoms with Crippen LogP contribution in [0.4, 0.5) is 17.1 Å². The van der Waals surface area contributed by atoms with Crippen LogP contribution in [0.15, 0.2) is 58.2 Å². The molecule has 0 saturated heterocycles.